The van der Waals surface area contributed by atoms with Gasteiger partial charge >= 0.3 is 0 Å². The summed E-state index contributed by atoms with van der Waals surface area (Å²) in [6.07, 6.45) is 4.08. The van der Waals surface area contributed by atoms with Gasteiger partial charge in [0.15, 0.2) is 0 Å². The molecule has 1 aliphatic heterocycles. The molecule has 1 saturated heterocycles. The molecule has 3 N–H and O–H groups in total. The van der Waals surface area contributed by atoms with Crippen LogP contribution in [-0.2, 0) is 4.79 Å². The smallest absolute Gasteiger partial charge is 0.253 e. The lowest BCUT2D eigenvalue weighted by atomic mass is 9.89. The van der Waals surface area contributed by atoms with Gasteiger partial charge in [-0.05, 0) is 92.6 Å². The third kappa shape index (κ3) is 6.84. The fourth-order valence-corrected chi connectivity index (χ4v) is 4.47. The Morgan fingerprint density at radius 1 is 1.11 bits per heavy atom. The van der Waals surface area contributed by atoms with Crippen LogP contribution in [-0.4, -0.2) is 48.4 Å². The van der Waals surface area contributed by atoms with Crippen LogP contribution in [0.1, 0.15) is 54.1 Å². The standard InChI is InChI=1S/C28H33N3O2.CH3NO/c1-19(2)30-27-12-9-24(18-29-27)26-17-23(6-5-20(26)3)28(32)31-15-13-22(14-16-31)21-7-10-25(33-4)11-8-21;2-1-3/h5-12,17-19,22H,13-16H2,1-4H3,(H,29,30);1H,(H2,2,3). The first-order valence-electron chi connectivity index (χ1n) is 12.3. The Balaban J connectivity index is 0.00000115. The first-order chi connectivity index (χ1) is 17.4. The summed E-state index contributed by atoms with van der Waals surface area (Å²) in [4.78, 5) is 28.4. The van der Waals surface area contributed by atoms with Crippen LogP contribution in [0.2, 0.25) is 0 Å². The van der Waals surface area contributed by atoms with E-state index in [1.54, 1.807) is 7.11 Å². The average molecular weight is 489 g/mol. The van der Waals surface area contributed by atoms with Gasteiger partial charge in [-0.2, -0.15) is 0 Å². The summed E-state index contributed by atoms with van der Waals surface area (Å²) in [5.41, 5.74) is 9.44. The molecule has 2 amide bonds. The Hall–Kier alpha value is -3.87. The SMILES string of the molecule is COc1ccc(C2CCN(C(=O)c3ccc(C)c(-c4ccc(NC(C)C)nc4)c3)CC2)cc1.NC=O. The molecule has 190 valence electrons. The van der Waals surface area contributed by atoms with Crippen LogP contribution in [0, 0.1) is 6.92 Å². The van der Waals surface area contributed by atoms with Crippen LogP contribution in [0.25, 0.3) is 11.1 Å². The van der Waals surface area contributed by atoms with E-state index in [4.69, 9.17) is 9.53 Å². The average Bonchev–Trinajstić information content (AvgIpc) is 2.89. The number of carbonyl (C=O) groups is 2. The molecule has 0 radical (unpaired) electrons. The van der Waals surface area contributed by atoms with Gasteiger partial charge < -0.3 is 20.7 Å². The van der Waals surface area contributed by atoms with Crippen molar-refractivity contribution in [3.8, 4) is 16.9 Å². The van der Waals surface area contributed by atoms with Crippen molar-refractivity contribution in [1.82, 2.24) is 9.88 Å². The van der Waals surface area contributed by atoms with E-state index in [1.807, 2.05) is 47.5 Å². The number of nitrogens with zero attached hydrogens (tertiary/aromatic N) is 2. The lowest BCUT2D eigenvalue weighted by molar-refractivity contribution is -0.106. The van der Waals surface area contributed by atoms with E-state index in [2.05, 4.69) is 55.0 Å². The highest BCUT2D eigenvalue weighted by Gasteiger charge is 2.25. The third-order valence-electron chi connectivity index (χ3n) is 6.36. The fourth-order valence-electron chi connectivity index (χ4n) is 4.47. The maximum atomic E-state index is 13.3. The van der Waals surface area contributed by atoms with Crippen LogP contribution in [0.4, 0.5) is 5.82 Å². The Bertz CT molecular complexity index is 1140. The number of nitrogens with one attached hydrogen (secondary N) is 1. The number of rotatable bonds is 6. The molecule has 0 spiro atoms. The molecule has 4 rings (SSSR count). The number of primary amides is 1. The number of methoxy groups -OCH3 is 1. The molecule has 2 heterocycles. The summed E-state index contributed by atoms with van der Waals surface area (Å²) in [7, 11) is 1.69. The molecule has 36 heavy (non-hydrogen) atoms. The van der Waals surface area contributed by atoms with Crippen molar-refractivity contribution in [2.75, 3.05) is 25.5 Å². The van der Waals surface area contributed by atoms with Crippen molar-refractivity contribution in [3.05, 3.63) is 77.5 Å². The highest BCUT2D eigenvalue weighted by molar-refractivity contribution is 5.96. The van der Waals surface area contributed by atoms with Gasteiger partial charge in [0.05, 0.1) is 7.11 Å². The first kappa shape index (κ1) is 26.7. The zero-order valence-corrected chi connectivity index (χ0v) is 21.5. The highest BCUT2D eigenvalue weighted by Crippen LogP contribution is 2.31. The topological polar surface area (TPSA) is 97.6 Å². The number of aromatic nitrogens is 1. The number of benzene rings is 2. The second-order valence-corrected chi connectivity index (χ2v) is 9.24. The number of carbonyl (C=O) groups excluding carboxylic acids is 2. The van der Waals surface area contributed by atoms with E-state index in [9.17, 15) is 4.79 Å². The number of pyridine rings is 1. The lowest BCUT2D eigenvalue weighted by Crippen LogP contribution is -2.37. The Labute approximate surface area is 213 Å². The summed E-state index contributed by atoms with van der Waals surface area (Å²) in [6, 6.07) is 18.7. The van der Waals surface area contributed by atoms with Crippen molar-refractivity contribution in [3.63, 3.8) is 0 Å². The predicted octanol–water partition coefficient (Wildman–Crippen LogP) is 5.01. The number of hydrogen-bond donors (Lipinski definition) is 2. The minimum atomic E-state index is 0.107. The zero-order chi connectivity index (χ0) is 26.1. The van der Waals surface area contributed by atoms with Crippen LogP contribution in [0.3, 0.4) is 0 Å². The summed E-state index contributed by atoms with van der Waals surface area (Å²) in [6.45, 7) is 7.80. The number of hydrogen-bond acceptors (Lipinski definition) is 5. The molecule has 1 aliphatic rings. The van der Waals surface area contributed by atoms with Gasteiger partial charge in [-0.15, -0.1) is 0 Å². The number of nitrogens with two attached hydrogens (primary N) is 1. The van der Waals surface area contributed by atoms with E-state index >= 15 is 0 Å². The molecular weight excluding hydrogens is 452 g/mol. The van der Waals surface area contributed by atoms with Gasteiger partial charge in [-0.3, -0.25) is 9.59 Å². The summed E-state index contributed by atoms with van der Waals surface area (Å²) in [5, 5.41) is 3.31. The summed E-state index contributed by atoms with van der Waals surface area (Å²) >= 11 is 0. The van der Waals surface area contributed by atoms with Crippen LogP contribution in [0.15, 0.2) is 60.8 Å². The van der Waals surface area contributed by atoms with Gasteiger partial charge in [0.1, 0.15) is 11.6 Å². The normalized spacial score (nSPS) is 13.5. The van der Waals surface area contributed by atoms with Crippen molar-refractivity contribution >= 4 is 18.1 Å². The number of likely N-dealkylation sites (tertiary alicyclic amines) is 1. The van der Waals surface area contributed by atoms with Gasteiger partial charge in [0.25, 0.3) is 5.91 Å². The number of aryl methyl sites for hydroxylation is 1. The molecule has 1 aromatic heterocycles. The zero-order valence-electron chi connectivity index (χ0n) is 21.5. The van der Waals surface area contributed by atoms with Gasteiger partial charge in [0.2, 0.25) is 6.41 Å². The van der Waals surface area contributed by atoms with Crippen LogP contribution >= 0.6 is 0 Å². The summed E-state index contributed by atoms with van der Waals surface area (Å²) in [5.74, 6) is 2.33. The predicted molar refractivity (Wildman–Crippen MR) is 144 cm³/mol. The minimum absolute atomic E-state index is 0.107. The lowest BCUT2D eigenvalue weighted by Gasteiger charge is -2.32. The fraction of sp³-hybridized carbons (Fsp3) is 0.345. The molecule has 1 fully saturated rings. The quantitative estimate of drug-likeness (QED) is 0.476. The number of amides is 2. The van der Waals surface area contributed by atoms with Gasteiger partial charge in [0, 0.05) is 36.5 Å². The minimum Gasteiger partial charge on any atom is -0.497 e. The monoisotopic (exact) mass is 488 g/mol. The molecule has 0 aliphatic carbocycles. The third-order valence-corrected chi connectivity index (χ3v) is 6.36. The number of piperidine rings is 1. The molecular formula is C29H36N4O3. The van der Waals surface area contributed by atoms with Crippen molar-refractivity contribution in [1.29, 1.82) is 0 Å². The van der Waals surface area contributed by atoms with Gasteiger partial charge in [-0.1, -0.05) is 18.2 Å². The maximum absolute atomic E-state index is 13.3. The molecule has 0 atom stereocenters. The molecule has 3 aromatic rings. The molecule has 2 aromatic carbocycles. The highest BCUT2D eigenvalue weighted by atomic mass is 16.5. The van der Waals surface area contributed by atoms with Gasteiger partial charge in [-0.25, -0.2) is 4.98 Å². The summed E-state index contributed by atoms with van der Waals surface area (Å²) < 4.78 is 5.26. The van der Waals surface area contributed by atoms with Crippen LogP contribution in [0.5, 0.6) is 5.75 Å². The molecule has 0 saturated carbocycles. The van der Waals surface area contributed by atoms with E-state index in [1.165, 1.54) is 5.56 Å². The molecule has 0 unspecified atom stereocenters. The Kier molecular flexibility index (Phi) is 9.45. The van der Waals surface area contributed by atoms with Crippen molar-refractivity contribution in [2.45, 2.75) is 45.6 Å². The Morgan fingerprint density at radius 2 is 1.78 bits per heavy atom. The van der Waals surface area contributed by atoms with E-state index in [0.29, 0.717) is 12.0 Å². The number of anilines is 1. The van der Waals surface area contributed by atoms with Crippen molar-refractivity contribution < 1.29 is 14.3 Å². The van der Waals surface area contributed by atoms with Crippen molar-refractivity contribution in [2.24, 2.45) is 5.73 Å². The molecule has 7 heteroatoms. The van der Waals surface area contributed by atoms with Crippen LogP contribution < -0.4 is 15.8 Å². The Morgan fingerprint density at radius 3 is 2.33 bits per heavy atom. The number of ether oxygens (including phenoxy) is 1. The second kappa shape index (κ2) is 12.7. The van der Waals surface area contributed by atoms with E-state index in [0.717, 1.165) is 59.8 Å². The molecule has 7 nitrogen and oxygen atoms in total. The largest absolute Gasteiger partial charge is 0.497 e. The maximum Gasteiger partial charge on any atom is 0.253 e. The molecule has 0 bridgehead atoms. The second-order valence-electron chi connectivity index (χ2n) is 9.24. The van der Waals surface area contributed by atoms with E-state index in [-0.39, 0.29) is 12.3 Å². The first-order valence-corrected chi connectivity index (χ1v) is 12.3. The van der Waals surface area contributed by atoms with E-state index < -0.39 is 0 Å².